The molecule has 0 saturated carbocycles. The Bertz CT molecular complexity index is 959. The lowest BCUT2D eigenvalue weighted by molar-refractivity contribution is -0.384. The predicted octanol–water partition coefficient (Wildman–Crippen LogP) is 3.84. The van der Waals surface area contributed by atoms with E-state index in [9.17, 15) is 20.0 Å². The van der Waals surface area contributed by atoms with E-state index in [0.717, 1.165) is 5.56 Å². The van der Waals surface area contributed by atoms with Crippen LogP contribution in [-0.4, -0.2) is 28.5 Å². The Labute approximate surface area is 162 Å². The molecule has 142 valence electrons. The second kappa shape index (κ2) is 8.92. The maximum Gasteiger partial charge on any atom is 0.293 e. The van der Waals surface area contributed by atoms with E-state index in [1.54, 1.807) is 36.4 Å². The van der Waals surface area contributed by atoms with E-state index in [4.69, 9.17) is 0 Å². The van der Waals surface area contributed by atoms with Gasteiger partial charge in [0.05, 0.1) is 17.6 Å². The van der Waals surface area contributed by atoms with E-state index in [-0.39, 0.29) is 29.3 Å². The van der Waals surface area contributed by atoms with Crippen LogP contribution in [-0.2, 0) is 6.42 Å². The summed E-state index contributed by atoms with van der Waals surface area (Å²) in [5.41, 5.74) is 1.78. The topological polar surface area (TPSA) is 92.5 Å². The lowest BCUT2D eigenvalue weighted by Gasteiger charge is -2.18. The fourth-order valence-corrected chi connectivity index (χ4v) is 2.98. The second-order valence-electron chi connectivity index (χ2n) is 6.40. The van der Waals surface area contributed by atoms with E-state index in [2.05, 4.69) is 5.32 Å². The van der Waals surface area contributed by atoms with Gasteiger partial charge in [0.25, 0.3) is 5.69 Å². The van der Waals surface area contributed by atoms with Crippen LogP contribution in [0.3, 0.4) is 0 Å². The summed E-state index contributed by atoms with van der Waals surface area (Å²) < 4.78 is 0. The number of aliphatic hydroxyl groups is 1. The summed E-state index contributed by atoms with van der Waals surface area (Å²) >= 11 is 0. The SMILES string of the molecule is O=C(c1ccccc1)c1ccc(NC(CO)Cc2ccccc2)c([N+](=O)[O-])c1. The van der Waals surface area contributed by atoms with Crippen molar-refractivity contribution in [3.8, 4) is 0 Å². The van der Waals surface area contributed by atoms with E-state index in [1.165, 1.54) is 12.1 Å². The first-order valence-electron chi connectivity index (χ1n) is 8.88. The number of ketones is 1. The molecular weight excluding hydrogens is 356 g/mol. The average Bonchev–Trinajstić information content (AvgIpc) is 2.74. The molecule has 3 aromatic carbocycles. The van der Waals surface area contributed by atoms with Gasteiger partial charge < -0.3 is 10.4 Å². The Hall–Kier alpha value is -3.51. The molecule has 1 unspecified atom stereocenters. The number of anilines is 1. The number of nitro benzene ring substituents is 1. The zero-order chi connectivity index (χ0) is 19.9. The first-order chi connectivity index (χ1) is 13.6. The number of carbonyl (C=O) groups excluding carboxylic acids is 1. The van der Waals surface area contributed by atoms with Gasteiger partial charge in [0.15, 0.2) is 5.78 Å². The molecule has 0 amide bonds. The predicted molar refractivity (Wildman–Crippen MR) is 108 cm³/mol. The van der Waals surface area contributed by atoms with Gasteiger partial charge >= 0.3 is 0 Å². The van der Waals surface area contributed by atoms with Crippen LogP contribution in [0.1, 0.15) is 21.5 Å². The molecule has 3 rings (SSSR count). The highest BCUT2D eigenvalue weighted by atomic mass is 16.6. The minimum atomic E-state index is -0.527. The lowest BCUT2D eigenvalue weighted by Crippen LogP contribution is -2.26. The molecule has 0 aliphatic heterocycles. The van der Waals surface area contributed by atoms with Crippen LogP contribution in [0.25, 0.3) is 0 Å². The van der Waals surface area contributed by atoms with Crippen LogP contribution in [0, 0.1) is 10.1 Å². The van der Waals surface area contributed by atoms with Crippen molar-refractivity contribution in [3.05, 3.63) is 106 Å². The van der Waals surface area contributed by atoms with Crippen molar-refractivity contribution in [1.82, 2.24) is 0 Å². The third-order valence-electron chi connectivity index (χ3n) is 4.40. The van der Waals surface area contributed by atoms with E-state index in [0.29, 0.717) is 12.0 Å². The molecule has 0 spiro atoms. The van der Waals surface area contributed by atoms with Crippen molar-refractivity contribution < 1.29 is 14.8 Å². The van der Waals surface area contributed by atoms with Crippen LogP contribution in [0.5, 0.6) is 0 Å². The number of hydrogen-bond acceptors (Lipinski definition) is 5. The number of hydrogen-bond donors (Lipinski definition) is 2. The molecular formula is C22H20N2O4. The molecule has 3 aromatic rings. The zero-order valence-electron chi connectivity index (χ0n) is 15.1. The molecule has 28 heavy (non-hydrogen) atoms. The van der Waals surface area contributed by atoms with Crippen LogP contribution >= 0.6 is 0 Å². The Balaban J connectivity index is 1.84. The highest BCUT2D eigenvalue weighted by Crippen LogP contribution is 2.28. The van der Waals surface area contributed by atoms with Gasteiger partial charge in [0.2, 0.25) is 0 Å². The smallest absolute Gasteiger partial charge is 0.293 e. The fourth-order valence-electron chi connectivity index (χ4n) is 2.98. The number of nitrogens with one attached hydrogen (secondary N) is 1. The molecule has 0 heterocycles. The molecule has 1 atom stereocenters. The van der Waals surface area contributed by atoms with Gasteiger partial charge in [-0.1, -0.05) is 60.7 Å². The van der Waals surface area contributed by atoms with Gasteiger partial charge in [0, 0.05) is 17.2 Å². The molecule has 0 aromatic heterocycles. The summed E-state index contributed by atoms with van der Waals surface area (Å²) in [7, 11) is 0. The molecule has 0 aliphatic rings. The highest BCUT2D eigenvalue weighted by Gasteiger charge is 2.20. The summed E-state index contributed by atoms with van der Waals surface area (Å²) in [6.07, 6.45) is 0.513. The summed E-state index contributed by atoms with van der Waals surface area (Å²) in [4.78, 5) is 23.6. The van der Waals surface area contributed by atoms with Gasteiger partial charge in [0.1, 0.15) is 5.69 Å². The van der Waals surface area contributed by atoms with E-state index >= 15 is 0 Å². The van der Waals surface area contributed by atoms with Gasteiger partial charge in [-0.3, -0.25) is 14.9 Å². The average molecular weight is 376 g/mol. The summed E-state index contributed by atoms with van der Waals surface area (Å²) in [5, 5.41) is 24.3. The number of carbonyl (C=O) groups is 1. The second-order valence-corrected chi connectivity index (χ2v) is 6.40. The van der Waals surface area contributed by atoms with Crippen LogP contribution in [0.2, 0.25) is 0 Å². The lowest BCUT2D eigenvalue weighted by atomic mass is 10.0. The summed E-state index contributed by atoms with van der Waals surface area (Å²) in [6.45, 7) is -0.184. The monoisotopic (exact) mass is 376 g/mol. The van der Waals surface area contributed by atoms with Crippen LogP contribution in [0.4, 0.5) is 11.4 Å². The van der Waals surface area contributed by atoms with Crippen molar-refractivity contribution in [2.45, 2.75) is 12.5 Å². The summed E-state index contributed by atoms with van der Waals surface area (Å²) in [5.74, 6) is -0.279. The van der Waals surface area contributed by atoms with Crippen LogP contribution < -0.4 is 5.32 Å². The number of aliphatic hydroxyl groups excluding tert-OH is 1. The van der Waals surface area contributed by atoms with Crippen molar-refractivity contribution >= 4 is 17.2 Å². The van der Waals surface area contributed by atoms with Crippen molar-refractivity contribution in [2.75, 3.05) is 11.9 Å². The van der Waals surface area contributed by atoms with Crippen molar-refractivity contribution in [3.63, 3.8) is 0 Å². The number of nitro groups is 1. The van der Waals surface area contributed by atoms with Gasteiger partial charge in [-0.25, -0.2) is 0 Å². The Morgan fingerprint density at radius 3 is 2.21 bits per heavy atom. The molecule has 0 fully saturated rings. The number of rotatable bonds is 8. The summed E-state index contributed by atoms with van der Waals surface area (Å²) in [6, 6.07) is 22.1. The third-order valence-corrected chi connectivity index (χ3v) is 4.40. The minimum absolute atomic E-state index is 0.184. The number of nitrogens with zero attached hydrogens (tertiary/aromatic N) is 1. The van der Waals surface area contributed by atoms with Gasteiger partial charge in [-0.2, -0.15) is 0 Å². The molecule has 0 aliphatic carbocycles. The molecule has 0 radical (unpaired) electrons. The normalized spacial score (nSPS) is 11.6. The van der Waals surface area contributed by atoms with Gasteiger partial charge in [-0.05, 0) is 24.1 Å². The Morgan fingerprint density at radius 2 is 1.61 bits per heavy atom. The maximum atomic E-state index is 12.6. The van der Waals surface area contributed by atoms with Crippen molar-refractivity contribution in [1.29, 1.82) is 0 Å². The third kappa shape index (κ3) is 4.61. The number of benzene rings is 3. The fraction of sp³-hybridized carbons (Fsp3) is 0.136. The van der Waals surface area contributed by atoms with E-state index in [1.807, 2.05) is 30.3 Å². The largest absolute Gasteiger partial charge is 0.394 e. The standard InChI is InChI=1S/C22H20N2O4/c25-15-19(13-16-7-3-1-4-8-16)23-20-12-11-18(14-21(20)24(27)28)22(26)17-9-5-2-6-10-17/h1-12,14,19,23,25H,13,15H2. The van der Waals surface area contributed by atoms with E-state index < -0.39 is 11.0 Å². The minimum Gasteiger partial charge on any atom is -0.394 e. The van der Waals surface area contributed by atoms with Crippen molar-refractivity contribution in [2.24, 2.45) is 0 Å². The molecule has 0 saturated heterocycles. The first kappa shape index (κ1) is 19.3. The molecule has 6 nitrogen and oxygen atoms in total. The quantitative estimate of drug-likeness (QED) is 0.354. The molecule has 0 bridgehead atoms. The highest BCUT2D eigenvalue weighted by molar-refractivity contribution is 6.09. The maximum absolute atomic E-state index is 12.6. The zero-order valence-corrected chi connectivity index (χ0v) is 15.1. The Kier molecular flexibility index (Phi) is 6.14. The molecule has 6 heteroatoms. The first-order valence-corrected chi connectivity index (χ1v) is 8.88. The van der Waals surface area contributed by atoms with Gasteiger partial charge in [-0.15, -0.1) is 0 Å². The van der Waals surface area contributed by atoms with Crippen LogP contribution in [0.15, 0.2) is 78.9 Å². The molecule has 2 N–H and O–H groups in total. The Morgan fingerprint density at radius 1 is 0.964 bits per heavy atom.